The summed E-state index contributed by atoms with van der Waals surface area (Å²) in [4.78, 5) is 14.3. The molecule has 0 saturated heterocycles. The van der Waals surface area contributed by atoms with Crippen LogP contribution in [0.25, 0.3) is 0 Å². The lowest BCUT2D eigenvalue weighted by Gasteiger charge is -2.24. The molecule has 5 nitrogen and oxygen atoms in total. The van der Waals surface area contributed by atoms with Crippen molar-refractivity contribution in [3.05, 3.63) is 29.8 Å². The minimum absolute atomic E-state index is 0. The van der Waals surface area contributed by atoms with Gasteiger partial charge in [0.05, 0.1) is 33.7 Å². The number of nitrogens with one attached hydrogen (secondary N) is 1. The van der Waals surface area contributed by atoms with Crippen molar-refractivity contribution in [2.75, 3.05) is 64.0 Å². The molecule has 0 heterocycles. The number of hydrogen-bond donors (Lipinski definition) is 2. The van der Waals surface area contributed by atoms with Crippen LogP contribution >= 0.6 is 35.6 Å². The maximum absolute atomic E-state index is 12.1. The maximum atomic E-state index is 12.1. The van der Waals surface area contributed by atoms with Gasteiger partial charge in [-0.05, 0) is 24.1 Å². The zero-order valence-corrected chi connectivity index (χ0v) is 21.5. The van der Waals surface area contributed by atoms with Crippen LogP contribution in [0.1, 0.15) is 12.0 Å². The summed E-state index contributed by atoms with van der Waals surface area (Å²) >= 11 is 11.7. The number of carbonyl (C=O) groups excluding carboxylic acids is 1. The van der Waals surface area contributed by atoms with Crippen LogP contribution in [-0.2, 0) is 11.2 Å². The summed E-state index contributed by atoms with van der Waals surface area (Å²) in [7, 11) is 6.41. The van der Waals surface area contributed by atoms with E-state index >= 15 is 0 Å². The Morgan fingerprint density at radius 1 is 1.14 bits per heavy atom. The average molecular weight is 568 g/mol. The van der Waals surface area contributed by atoms with Crippen molar-refractivity contribution in [2.24, 2.45) is 5.73 Å². The molecule has 0 aliphatic heterocycles. The first-order valence-corrected chi connectivity index (χ1v) is 10.1. The smallest absolute Gasteiger partial charge is 0.237 e. The number of rotatable bonds is 12. The van der Waals surface area contributed by atoms with Crippen LogP contribution in [0.4, 0.5) is 5.69 Å². The predicted molar refractivity (Wildman–Crippen MR) is 120 cm³/mol. The van der Waals surface area contributed by atoms with Gasteiger partial charge in [-0.3, -0.25) is 4.79 Å². The molecule has 0 bridgehead atoms. The normalized spacial score (nSPS) is 11.8. The fraction of sp³-hybridized carbons (Fsp3) is 0.632. The fourth-order valence-electron chi connectivity index (χ4n) is 2.66. The average Bonchev–Trinajstić information content (AvgIpc) is 2.58. The molecule has 0 aromatic heterocycles. The summed E-state index contributed by atoms with van der Waals surface area (Å²) in [6.07, 6.45) is 1.46. The second-order valence-electron chi connectivity index (χ2n) is 7.50. The molecule has 0 unspecified atom stereocenters. The zero-order chi connectivity index (χ0) is 19.6. The lowest BCUT2D eigenvalue weighted by Crippen LogP contribution is -3.00. The number of carbonyl (C=O) groups is 1. The zero-order valence-electron chi connectivity index (χ0n) is 17.0. The molecule has 164 valence electrons. The first-order valence-electron chi connectivity index (χ1n) is 9.06. The number of alkyl halides is 2. The van der Waals surface area contributed by atoms with E-state index in [0.717, 1.165) is 41.8 Å². The molecule has 0 radical (unpaired) electrons. The molecule has 1 amide bonds. The predicted octanol–water partition coefficient (Wildman–Crippen LogP) is -0.521. The standard InChI is InChI=1S/C19H32Cl2N4O.ClH.HI/c1-25(2,3)14-4-11-23-19(26)18(22)15-16-5-7-17(8-6-16)24(12-9-20)13-10-21;;/h5-8,18H,4,9-15,22H2,1-3H3;2*1H/t18-;;/m0../s1. The van der Waals surface area contributed by atoms with Gasteiger partial charge in [-0.2, -0.15) is 0 Å². The molecule has 0 aliphatic rings. The van der Waals surface area contributed by atoms with Gasteiger partial charge in [-0.1, -0.05) is 12.1 Å². The Morgan fingerprint density at radius 3 is 2.14 bits per heavy atom. The van der Waals surface area contributed by atoms with Gasteiger partial charge in [0.15, 0.2) is 0 Å². The van der Waals surface area contributed by atoms with Crippen molar-refractivity contribution in [3.8, 4) is 0 Å². The van der Waals surface area contributed by atoms with Crippen LogP contribution in [0.15, 0.2) is 24.3 Å². The first-order chi connectivity index (χ1) is 12.3. The van der Waals surface area contributed by atoms with Crippen molar-refractivity contribution in [1.29, 1.82) is 0 Å². The number of hydrogen-bond acceptors (Lipinski definition) is 3. The van der Waals surface area contributed by atoms with Crippen molar-refractivity contribution in [3.63, 3.8) is 0 Å². The Hall–Kier alpha value is 0.0100. The third-order valence-corrected chi connectivity index (χ3v) is 4.45. The highest BCUT2D eigenvalue weighted by molar-refractivity contribution is 6.18. The maximum Gasteiger partial charge on any atom is 0.237 e. The van der Waals surface area contributed by atoms with Crippen LogP contribution in [0, 0.1) is 0 Å². The highest BCUT2D eigenvalue weighted by Crippen LogP contribution is 2.16. The number of halogens is 4. The minimum Gasteiger partial charge on any atom is -1.00 e. The fourth-order valence-corrected chi connectivity index (χ4v) is 3.07. The summed E-state index contributed by atoms with van der Waals surface area (Å²) < 4.78 is 0.888. The number of quaternary nitrogens is 1. The van der Waals surface area contributed by atoms with E-state index < -0.39 is 6.04 Å². The Balaban J connectivity index is 0. The molecule has 1 aromatic rings. The van der Waals surface area contributed by atoms with Gasteiger partial charge >= 0.3 is 0 Å². The van der Waals surface area contributed by atoms with Crippen molar-refractivity contribution in [1.82, 2.24) is 5.32 Å². The minimum atomic E-state index is -0.535. The molecule has 0 saturated carbocycles. The summed E-state index contributed by atoms with van der Waals surface area (Å²) in [5, 5.41) is 2.93. The highest BCUT2D eigenvalue weighted by Gasteiger charge is 2.15. The summed E-state index contributed by atoms with van der Waals surface area (Å²) in [6, 6.07) is 7.54. The second kappa shape index (κ2) is 15.8. The molecule has 1 aromatic carbocycles. The Morgan fingerprint density at radius 2 is 1.68 bits per heavy atom. The lowest BCUT2D eigenvalue weighted by atomic mass is 10.1. The van der Waals surface area contributed by atoms with Gasteiger partial charge in [-0.25, -0.2) is 0 Å². The van der Waals surface area contributed by atoms with Crippen LogP contribution < -0.4 is 39.9 Å². The van der Waals surface area contributed by atoms with Crippen LogP contribution in [-0.4, -0.2) is 75.5 Å². The van der Waals surface area contributed by atoms with Gasteiger partial charge in [0.1, 0.15) is 0 Å². The van der Waals surface area contributed by atoms with Crippen LogP contribution in [0.3, 0.4) is 0 Å². The molecule has 0 fully saturated rings. The molecule has 28 heavy (non-hydrogen) atoms. The van der Waals surface area contributed by atoms with Gasteiger partial charge in [0.25, 0.3) is 0 Å². The quantitative estimate of drug-likeness (QED) is 0.155. The largest absolute Gasteiger partial charge is 1.00 e. The molecular weight excluding hydrogens is 533 g/mol. The molecule has 9 heteroatoms. The van der Waals surface area contributed by atoms with E-state index in [1.165, 1.54) is 0 Å². The topological polar surface area (TPSA) is 58.4 Å². The number of anilines is 1. The number of amides is 1. The highest BCUT2D eigenvalue weighted by atomic mass is 127. The summed E-state index contributed by atoms with van der Waals surface area (Å²) in [5.74, 6) is 1.01. The SMILES string of the molecule is C[N+](C)(C)CCCNC(=O)[C@@H](N)Cc1ccc(N(CCCl)CCCl)cc1.Cl.[I-]. The molecule has 1 atom stereocenters. The summed E-state index contributed by atoms with van der Waals surface area (Å²) in [6.45, 7) is 3.18. The van der Waals surface area contributed by atoms with Gasteiger partial charge in [0, 0.05) is 43.5 Å². The van der Waals surface area contributed by atoms with E-state index in [1.54, 1.807) is 0 Å². The lowest BCUT2D eigenvalue weighted by molar-refractivity contribution is -0.870. The molecule has 0 aliphatic carbocycles. The van der Waals surface area contributed by atoms with Crippen LogP contribution in [0.2, 0.25) is 0 Å². The third-order valence-electron chi connectivity index (χ3n) is 4.11. The van der Waals surface area contributed by atoms with Gasteiger partial charge in [0.2, 0.25) is 5.91 Å². The van der Waals surface area contributed by atoms with E-state index in [2.05, 4.69) is 31.4 Å². The van der Waals surface area contributed by atoms with E-state index in [-0.39, 0.29) is 42.3 Å². The van der Waals surface area contributed by atoms with Crippen molar-refractivity contribution >= 4 is 47.2 Å². The Kier molecular flexibility index (Phi) is 17.0. The summed E-state index contributed by atoms with van der Waals surface area (Å²) in [5.41, 5.74) is 8.17. The monoisotopic (exact) mass is 566 g/mol. The van der Waals surface area contributed by atoms with E-state index in [0.29, 0.717) is 24.7 Å². The van der Waals surface area contributed by atoms with E-state index in [4.69, 9.17) is 28.9 Å². The number of nitrogens with two attached hydrogens (primary N) is 1. The van der Waals surface area contributed by atoms with Gasteiger partial charge in [-0.15, -0.1) is 35.6 Å². The Labute approximate surface area is 203 Å². The van der Waals surface area contributed by atoms with Crippen molar-refractivity contribution in [2.45, 2.75) is 18.9 Å². The molecular formula is C19H34Cl3IN4O. The second-order valence-corrected chi connectivity index (χ2v) is 8.26. The van der Waals surface area contributed by atoms with Gasteiger partial charge < -0.3 is 44.4 Å². The number of benzene rings is 1. The van der Waals surface area contributed by atoms with E-state index in [9.17, 15) is 4.79 Å². The third kappa shape index (κ3) is 12.5. The molecule has 1 rings (SSSR count). The van der Waals surface area contributed by atoms with Crippen molar-refractivity contribution < 1.29 is 33.3 Å². The van der Waals surface area contributed by atoms with Crippen LogP contribution in [0.5, 0.6) is 0 Å². The molecule has 3 N–H and O–H groups in total. The first kappa shape index (κ1) is 30.2. The van der Waals surface area contributed by atoms with E-state index in [1.807, 2.05) is 24.3 Å². The Bertz CT molecular complexity index is 535. The molecule has 0 spiro atoms. The number of nitrogens with zero attached hydrogens (tertiary/aromatic N) is 2.